The maximum Gasteiger partial charge on any atom is 0.509 e. The van der Waals surface area contributed by atoms with E-state index in [9.17, 15) is 35.1 Å². The van der Waals surface area contributed by atoms with E-state index < -0.39 is 40.9 Å². The third-order valence-corrected chi connectivity index (χ3v) is 55.8. The van der Waals surface area contributed by atoms with Crippen LogP contribution in [0, 0.1) is 221 Å². The Morgan fingerprint density at radius 2 is 0.757 bits per heavy atom. The lowest BCUT2D eigenvalue weighted by Crippen LogP contribution is -2.73. The van der Waals surface area contributed by atoms with Gasteiger partial charge in [0.2, 0.25) is 0 Å². The largest absolute Gasteiger partial charge is 0.509 e. The van der Waals surface area contributed by atoms with E-state index in [4.69, 9.17) is 23.7 Å². The van der Waals surface area contributed by atoms with Crippen LogP contribution in [-0.4, -0.2) is 113 Å². The van der Waals surface area contributed by atoms with Crippen molar-refractivity contribution in [3.63, 3.8) is 0 Å². The van der Waals surface area contributed by atoms with Crippen LogP contribution >= 0.6 is 0 Å². The van der Waals surface area contributed by atoms with Gasteiger partial charge in [-0.2, -0.15) is 0 Å². The van der Waals surface area contributed by atoms with Gasteiger partial charge < -0.3 is 49.2 Å². The second kappa shape index (κ2) is 37.9. The lowest BCUT2D eigenvalue weighted by Gasteiger charge is -2.72. The van der Waals surface area contributed by atoms with Gasteiger partial charge in [0.15, 0.2) is 0 Å². The molecule has 0 amide bonds. The lowest BCUT2D eigenvalue weighted by molar-refractivity contribution is -0.287. The predicted octanol–water partition coefficient (Wildman–Crippen LogP) is 32.4. The topological polar surface area (TPSA) is 181 Å². The number of carbonyl (C=O) groups is 2. The molecule has 16 saturated carbocycles. The molecule has 0 saturated heterocycles. The highest BCUT2D eigenvalue weighted by molar-refractivity contribution is 5.87. The summed E-state index contributed by atoms with van der Waals surface area (Å²) >= 11 is 0. The number of carbonyl (C=O) groups excluding carboxylic acids is 2. The quantitative estimate of drug-likeness (QED) is 0.0992. The van der Waals surface area contributed by atoms with Crippen molar-refractivity contribution in [1.29, 1.82) is 0 Å². The van der Waals surface area contributed by atoms with Crippen molar-refractivity contribution < 1.29 is 58.8 Å². The van der Waals surface area contributed by atoms with E-state index in [1.54, 1.807) is 18.8 Å². The van der Waals surface area contributed by atoms with Gasteiger partial charge in [-0.3, -0.25) is 0 Å². The number of rotatable bonds is 7. The van der Waals surface area contributed by atoms with Crippen LogP contribution in [-0.2, 0) is 28.5 Å². The van der Waals surface area contributed by atoms with E-state index in [0.29, 0.717) is 91.2 Å². The number of hydrogen-bond donors (Lipinski definition) is 5. The predicted molar refractivity (Wildman–Crippen MR) is 604 cm³/mol. The highest BCUT2D eigenvalue weighted by Gasteiger charge is 2.78. The summed E-state index contributed by atoms with van der Waals surface area (Å²) in [6.07, 6.45) is 48.8. The van der Waals surface area contributed by atoms with Crippen molar-refractivity contribution in [3.8, 4) is 0 Å². The van der Waals surface area contributed by atoms with Crippen LogP contribution in [0.1, 0.15) is 440 Å². The second-order valence-electron chi connectivity index (χ2n) is 63.8. The van der Waals surface area contributed by atoms with Gasteiger partial charge in [-0.1, -0.05) is 297 Å². The molecule has 20 aliphatic rings. The van der Waals surface area contributed by atoms with Crippen LogP contribution in [0.3, 0.4) is 0 Å². The molecule has 20 aliphatic carbocycles. The Balaban J connectivity index is 0.000000130. The molecular weight excluding hydrogens is 1830 g/mol. The minimum absolute atomic E-state index is 0.0173. The Hall–Kier alpha value is -3.88. The monoisotopic (exact) mass is 2040 g/mol. The molecule has 0 heterocycles. The molecule has 12 nitrogen and oxygen atoms in total. The molecule has 832 valence electrons. The Labute approximate surface area is 901 Å². The summed E-state index contributed by atoms with van der Waals surface area (Å²) in [5, 5.41) is 54.8. The molecule has 1 aromatic rings. The van der Waals surface area contributed by atoms with Gasteiger partial charge in [-0.25, -0.2) is 9.59 Å². The van der Waals surface area contributed by atoms with Crippen molar-refractivity contribution in [2.45, 2.75) is 488 Å². The SMILES string of the molecule is C=C1CC[C@]2(C)CC[C@]3(C)C(=CCC4[C@@]5(C)CC[C@H](O)C(C)(C)C5CC[C@]43C)C2[C@H]1C.CO[C@H]1C[C@@]2(C)C(CC[C@]3(C)C2CC=C2C4[C@@H](C)[C@H](C)CC[C@]4(C)CC[C@]23C)C(C)(C)[C@@H]1OC(=O)/C=C/c1ccccc1.CO[C@H]1C[C@@]2(C)C(CC[C@]3(C)C2CC=C2C4[C@@H](C)[C@H](C)CC[C@]4(C)CC[C@]23C)C(C)(C)[C@@H]1OC(=O)OC(C)(C)C.C[C@@H]1CC[C@]2(C)CC[C@]3(C)C(=CCC4[C@]5(C)C(CC[C@]43C)[C@@](C)(CO)[C@H](O)[C@H](O)[C@H]5O)C2[C@H]1C. The first kappa shape index (κ1) is 114. The number of allylic oxidation sites excluding steroid dienone is 9. The summed E-state index contributed by atoms with van der Waals surface area (Å²) in [6.45, 7) is 84.9. The second-order valence-corrected chi connectivity index (χ2v) is 63.8. The molecule has 12 heteroatoms. The molecule has 5 N–H and O–H groups in total. The number of aliphatic hydroxyl groups is 5. The van der Waals surface area contributed by atoms with Crippen molar-refractivity contribution in [2.75, 3.05) is 20.8 Å². The average Bonchev–Trinajstić information content (AvgIpc) is 0.677. The normalized spacial score (nSPS) is 53.0. The van der Waals surface area contributed by atoms with Gasteiger partial charge in [0.1, 0.15) is 23.9 Å². The zero-order chi connectivity index (χ0) is 108. The van der Waals surface area contributed by atoms with E-state index >= 15 is 0 Å². The molecule has 0 radical (unpaired) electrons. The summed E-state index contributed by atoms with van der Waals surface area (Å²) in [4.78, 5) is 26.0. The van der Waals surface area contributed by atoms with Crippen LogP contribution in [0.4, 0.5) is 4.79 Å². The Morgan fingerprint density at radius 3 is 1.15 bits per heavy atom. The highest BCUT2D eigenvalue weighted by Crippen LogP contribution is 2.83. The molecule has 0 spiro atoms. The molecule has 21 rings (SSSR count). The third kappa shape index (κ3) is 16.4. The first-order chi connectivity index (χ1) is 68.6. The number of ether oxygens (including phenoxy) is 5. The van der Waals surface area contributed by atoms with Crippen molar-refractivity contribution in [2.24, 2.45) is 221 Å². The Kier molecular flexibility index (Phi) is 29.1. The third-order valence-electron chi connectivity index (χ3n) is 55.8. The van der Waals surface area contributed by atoms with Crippen molar-refractivity contribution in [1.82, 2.24) is 0 Å². The summed E-state index contributed by atoms with van der Waals surface area (Å²) < 4.78 is 30.5. The summed E-state index contributed by atoms with van der Waals surface area (Å²) in [5.41, 5.74) is 11.5. The highest BCUT2D eigenvalue weighted by atomic mass is 16.7. The van der Waals surface area contributed by atoms with E-state index in [0.717, 1.165) is 91.4 Å². The lowest BCUT2D eigenvalue weighted by atomic mass is 9.33. The fourth-order valence-corrected chi connectivity index (χ4v) is 45.5. The van der Waals surface area contributed by atoms with E-state index in [1.807, 2.05) is 87.9 Å². The number of methoxy groups -OCH3 is 2. The van der Waals surface area contributed by atoms with E-state index in [-0.39, 0.29) is 114 Å². The van der Waals surface area contributed by atoms with E-state index in [1.165, 1.54) is 173 Å². The summed E-state index contributed by atoms with van der Waals surface area (Å²) in [7, 11) is 3.62. The zero-order valence-electron chi connectivity index (χ0n) is 101. The zero-order valence-corrected chi connectivity index (χ0v) is 101. The van der Waals surface area contributed by atoms with Gasteiger partial charge in [-0.15, -0.1) is 0 Å². The molecule has 0 aliphatic heterocycles. The number of hydrogen-bond acceptors (Lipinski definition) is 12. The molecule has 0 bridgehead atoms. The number of fused-ring (bicyclic) bond motifs is 28. The fraction of sp³-hybridized carbons (Fsp3) is 0.853. The van der Waals surface area contributed by atoms with Gasteiger partial charge in [0.25, 0.3) is 0 Å². The minimum atomic E-state index is -1.23. The molecule has 44 atom stereocenters. The van der Waals surface area contributed by atoms with Crippen LogP contribution in [0.5, 0.6) is 0 Å². The Bertz CT molecular complexity index is 5270. The molecule has 16 fully saturated rings. The smallest absolute Gasteiger partial charge is 0.456 e. The summed E-state index contributed by atoms with van der Waals surface area (Å²) in [5.74, 6) is 11.4. The standard InChI is InChI=1S/C40H58O3.C36H60O4.C30H50O4.C30H48O/c1-26-19-21-37(5)23-24-39(7)29(34(37)27(26)2)16-17-32-38(6)25-30(42-9)35(36(3,4)31(38)20-22-40(32,39)8)43-33(41)18-15-28-13-11-10-12-14-28;1-22-15-17-33(8)19-20-35(10)24(28(33)23(22)2)13-14-27-34(9)21-25(38-12)29(39-30(37)40-31(3,4)5)32(6,7)26(34)16-18-36(27,35)11;1-17-10-12-26(3)14-15-28(5)19(22(26)18(17)2)8-9-21-29(28,6)13-11-20-27(4,16-31)24(33)23(32)25(34)30(20,21)7;1-19-11-14-27(5)17-18-29(7)21(25(27)20(19)2)9-10-23-28(6)15-13-24(31)26(3,4)22(28)12-16-30(23,29)8/h10-16,18,26-27,30-32,34-35H,17,19-25H2,1-9H3;13,22-23,25-29H,14-21H2,1-12H3;8,17-18,20-25,31-34H,9-16H2,1-7H3;9,20,22-25,31H,1,10-18H2,2-8H3/b18-15+;;;/t26-,27+,30+,31?,32?,34?,35-,37-,38+,39-,40-;22-,23+,25+,26?,27?,28?,29-,33-,34+,35-,36-;17-,18+,20?,21?,22?,23+,24-,25-,26-,27-,28-,29-,30+;20-,22?,23?,24-,25?,27+,28-,29+,30+/m1110/s1. The first-order valence-corrected chi connectivity index (χ1v) is 61.3. The van der Waals surface area contributed by atoms with Crippen LogP contribution in [0.25, 0.3) is 6.08 Å². The number of benzene rings is 1. The maximum absolute atomic E-state index is 13.2. The van der Waals surface area contributed by atoms with Gasteiger partial charge in [0, 0.05) is 42.0 Å². The van der Waals surface area contributed by atoms with Crippen molar-refractivity contribution in [3.05, 3.63) is 101 Å². The average molecular weight is 2040 g/mol. The molecule has 1 aromatic carbocycles. The number of aliphatic hydroxyl groups excluding tert-OH is 5. The van der Waals surface area contributed by atoms with Gasteiger partial charge in [-0.05, 0) is 437 Å². The molecule has 148 heavy (non-hydrogen) atoms. The molecular formula is C136H216O12. The van der Waals surface area contributed by atoms with Crippen molar-refractivity contribution >= 4 is 18.2 Å². The van der Waals surface area contributed by atoms with Crippen LogP contribution in [0.2, 0.25) is 0 Å². The van der Waals surface area contributed by atoms with Crippen LogP contribution < -0.4 is 0 Å². The number of esters is 1. The molecule has 0 aromatic heterocycles. The summed E-state index contributed by atoms with van der Waals surface area (Å²) in [6, 6.07) is 9.97. The van der Waals surface area contributed by atoms with Gasteiger partial charge >= 0.3 is 12.1 Å². The van der Waals surface area contributed by atoms with Gasteiger partial charge in [0.05, 0.1) is 37.1 Å². The molecule has 12 unspecified atom stereocenters. The first-order valence-electron chi connectivity index (χ1n) is 61.3. The Morgan fingerprint density at radius 1 is 0.399 bits per heavy atom. The fourth-order valence-electron chi connectivity index (χ4n) is 45.5. The minimum Gasteiger partial charge on any atom is -0.456 e. The maximum atomic E-state index is 13.2. The van der Waals surface area contributed by atoms with E-state index in [2.05, 4.69) is 232 Å². The van der Waals surface area contributed by atoms with Crippen LogP contribution in [0.15, 0.2) is 95.2 Å².